The number of aromatic nitrogens is 1. The van der Waals surface area contributed by atoms with Crippen LogP contribution in [0.15, 0.2) is 53.1 Å². The van der Waals surface area contributed by atoms with E-state index >= 15 is 0 Å². The third kappa shape index (κ3) is 4.41. The van der Waals surface area contributed by atoms with Crippen molar-refractivity contribution in [3.8, 4) is 5.75 Å². The van der Waals surface area contributed by atoms with E-state index in [1.54, 1.807) is 23.9 Å². The van der Waals surface area contributed by atoms with Crippen molar-refractivity contribution in [2.75, 3.05) is 13.1 Å². The number of pyridine rings is 1. The summed E-state index contributed by atoms with van der Waals surface area (Å²) in [7, 11) is 0. The third-order valence-corrected chi connectivity index (χ3v) is 7.13. The molecule has 0 saturated carbocycles. The second kappa shape index (κ2) is 8.88. The Morgan fingerprint density at radius 3 is 3.03 bits per heavy atom. The van der Waals surface area contributed by atoms with Crippen molar-refractivity contribution in [2.24, 2.45) is 11.5 Å². The number of phenols is 1. The summed E-state index contributed by atoms with van der Waals surface area (Å²) in [6.45, 7) is 3.56. The molecule has 1 aromatic heterocycles. The van der Waals surface area contributed by atoms with Crippen LogP contribution in [0, 0.1) is 12.7 Å². The van der Waals surface area contributed by atoms with Gasteiger partial charge in [0.1, 0.15) is 5.82 Å². The molecule has 0 aliphatic carbocycles. The molecule has 31 heavy (non-hydrogen) atoms. The van der Waals surface area contributed by atoms with Gasteiger partial charge in [0.15, 0.2) is 11.6 Å². The molecule has 3 heterocycles. The minimum absolute atomic E-state index is 0.242. The van der Waals surface area contributed by atoms with Crippen LogP contribution in [-0.4, -0.2) is 39.4 Å². The number of allylic oxidation sites excluding steroid dienone is 1. The second-order valence-electron chi connectivity index (χ2n) is 7.78. The average Bonchev–Trinajstić information content (AvgIpc) is 3.15. The lowest BCUT2D eigenvalue weighted by atomic mass is 10.1. The first kappa shape index (κ1) is 21.6. The highest BCUT2D eigenvalue weighted by atomic mass is 35.5. The largest absolute Gasteiger partial charge is 0.504 e. The predicted molar refractivity (Wildman–Crippen MR) is 123 cm³/mol. The van der Waals surface area contributed by atoms with Crippen LogP contribution in [0.5, 0.6) is 5.75 Å². The Kier molecular flexibility index (Phi) is 6.20. The van der Waals surface area contributed by atoms with E-state index in [9.17, 15) is 9.50 Å². The van der Waals surface area contributed by atoms with Gasteiger partial charge in [0.25, 0.3) is 0 Å². The number of fused-ring (bicyclic) bond motifs is 1. The Morgan fingerprint density at radius 1 is 1.48 bits per heavy atom. The number of thioether (sulfide) groups is 1. The van der Waals surface area contributed by atoms with E-state index in [1.165, 1.54) is 12.1 Å². The van der Waals surface area contributed by atoms with Crippen LogP contribution in [0.1, 0.15) is 23.1 Å². The first-order valence-electron chi connectivity index (χ1n) is 10.0. The number of para-hydroxylation sites is 1. The maximum atomic E-state index is 13.7. The first-order chi connectivity index (χ1) is 14.9. The van der Waals surface area contributed by atoms with Crippen molar-refractivity contribution >= 4 is 29.1 Å². The molecule has 2 atom stereocenters. The second-order valence-corrected chi connectivity index (χ2v) is 9.37. The number of hydrogen-bond donors (Lipinski definition) is 4. The summed E-state index contributed by atoms with van der Waals surface area (Å²) in [6.07, 6.45) is 4.51. The zero-order chi connectivity index (χ0) is 22.1. The predicted octanol–water partition coefficient (Wildman–Crippen LogP) is 3.24. The van der Waals surface area contributed by atoms with E-state index < -0.39 is 11.6 Å². The molecule has 0 radical (unpaired) electrons. The Bertz CT molecular complexity index is 1060. The highest BCUT2D eigenvalue weighted by Gasteiger charge is 2.37. The van der Waals surface area contributed by atoms with Gasteiger partial charge in [-0.05, 0) is 48.7 Å². The number of nitrogens with two attached hydrogens (primary N) is 2. The zero-order valence-corrected chi connectivity index (χ0v) is 18.7. The summed E-state index contributed by atoms with van der Waals surface area (Å²) < 4.78 is 13.7. The minimum atomic E-state index is -0.712. The molecule has 0 spiro atoms. The van der Waals surface area contributed by atoms with Gasteiger partial charge < -0.3 is 26.8 Å². The van der Waals surface area contributed by atoms with E-state index in [0.717, 1.165) is 41.4 Å². The van der Waals surface area contributed by atoms with E-state index in [4.69, 9.17) is 23.1 Å². The fraction of sp³-hybridized carbons (Fsp3) is 0.318. The lowest BCUT2D eigenvalue weighted by Crippen LogP contribution is -2.45. The molecule has 2 unspecified atom stereocenters. The molecule has 1 aromatic carbocycles. The topological polar surface area (TPSA) is 100 Å². The molecule has 1 fully saturated rings. The molecule has 1 saturated heterocycles. The van der Waals surface area contributed by atoms with Gasteiger partial charge in [-0.3, -0.25) is 0 Å². The number of nitrogens with one attached hydrogen (secondary N) is 1. The number of hydrogen-bond acceptors (Lipinski definition) is 7. The molecule has 4 rings (SSSR count). The molecule has 2 aliphatic heterocycles. The van der Waals surface area contributed by atoms with Crippen molar-refractivity contribution in [3.63, 3.8) is 0 Å². The van der Waals surface area contributed by atoms with Crippen molar-refractivity contribution in [3.05, 3.63) is 70.6 Å². The number of alkyl halides is 1. The average molecular weight is 462 g/mol. The fourth-order valence-corrected chi connectivity index (χ4v) is 5.52. The number of aromatic hydroxyl groups is 1. The number of nitrogens with zero attached hydrogens (tertiary/aromatic N) is 2. The molecule has 164 valence electrons. The molecule has 0 amide bonds. The number of phenolic OH excluding ortho intramolecular Hbond substituents is 1. The fourth-order valence-electron chi connectivity index (χ4n) is 3.99. The highest BCUT2D eigenvalue weighted by Crippen LogP contribution is 2.37. The van der Waals surface area contributed by atoms with Crippen molar-refractivity contribution in [1.29, 1.82) is 0 Å². The van der Waals surface area contributed by atoms with Crippen LogP contribution in [0.25, 0.3) is 5.70 Å². The lowest BCUT2D eigenvalue weighted by molar-refractivity contribution is 0.296. The molecule has 0 bridgehead atoms. The standard InChI is InChI=1S/C22H25ClFN5OS/c1-12-5-20(27-9-13(12)8-23)31-15-6-14-10-28-22(26)19(29(14)11-15)7-18(25)16-3-2-4-17(24)21(16)30/h2-5,7,9,14-15,28,30H,6,8,10-11,25-26H2,1H3/b18-7-. The summed E-state index contributed by atoms with van der Waals surface area (Å²) in [5.41, 5.74) is 15.9. The van der Waals surface area contributed by atoms with Gasteiger partial charge in [0, 0.05) is 47.7 Å². The van der Waals surface area contributed by atoms with Gasteiger partial charge in [-0.1, -0.05) is 6.07 Å². The number of rotatable bonds is 5. The van der Waals surface area contributed by atoms with Crippen LogP contribution in [-0.2, 0) is 5.88 Å². The summed E-state index contributed by atoms with van der Waals surface area (Å²) in [4.78, 5) is 6.77. The minimum Gasteiger partial charge on any atom is -0.504 e. The monoisotopic (exact) mass is 461 g/mol. The number of aryl methyl sites for hydroxylation is 1. The maximum absolute atomic E-state index is 13.7. The molecule has 2 aliphatic rings. The van der Waals surface area contributed by atoms with Crippen LogP contribution in [0.2, 0.25) is 0 Å². The van der Waals surface area contributed by atoms with Crippen LogP contribution >= 0.6 is 23.4 Å². The molecular formula is C22H25ClFN5OS. The maximum Gasteiger partial charge on any atom is 0.165 e. The van der Waals surface area contributed by atoms with Gasteiger partial charge in [-0.2, -0.15) is 0 Å². The van der Waals surface area contributed by atoms with E-state index in [2.05, 4.69) is 21.3 Å². The van der Waals surface area contributed by atoms with Crippen LogP contribution in [0.3, 0.4) is 0 Å². The molecule has 9 heteroatoms. The van der Waals surface area contributed by atoms with E-state index in [-0.39, 0.29) is 17.3 Å². The normalized spacial score (nSPS) is 21.3. The first-order valence-corrected chi connectivity index (χ1v) is 11.4. The van der Waals surface area contributed by atoms with Crippen LogP contribution < -0.4 is 16.8 Å². The van der Waals surface area contributed by atoms with Crippen molar-refractivity contribution in [1.82, 2.24) is 15.2 Å². The van der Waals surface area contributed by atoms with Gasteiger partial charge in [-0.15, -0.1) is 23.4 Å². The molecule has 6 nitrogen and oxygen atoms in total. The third-order valence-electron chi connectivity index (χ3n) is 5.71. The summed E-state index contributed by atoms with van der Waals surface area (Å²) >= 11 is 7.69. The summed E-state index contributed by atoms with van der Waals surface area (Å²) in [5.74, 6) is -0.207. The Morgan fingerprint density at radius 2 is 2.29 bits per heavy atom. The molecule has 2 aromatic rings. The van der Waals surface area contributed by atoms with E-state index in [0.29, 0.717) is 17.0 Å². The molecular weight excluding hydrogens is 437 g/mol. The Balaban J connectivity index is 1.54. The number of benzene rings is 1. The van der Waals surface area contributed by atoms with Gasteiger partial charge in [-0.25, -0.2) is 9.37 Å². The van der Waals surface area contributed by atoms with E-state index in [1.807, 2.05) is 13.1 Å². The summed E-state index contributed by atoms with van der Waals surface area (Å²) in [6, 6.07) is 6.62. The summed E-state index contributed by atoms with van der Waals surface area (Å²) in [5, 5.41) is 14.6. The van der Waals surface area contributed by atoms with Gasteiger partial charge in [0.05, 0.1) is 10.7 Å². The lowest BCUT2D eigenvalue weighted by Gasteiger charge is -2.34. The zero-order valence-electron chi connectivity index (χ0n) is 17.1. The quantitative estimate of drug-likeness (QED) is 0.507. The van der Waals surface area contributed by atoms with Crippen molar-refractivity contribution in [2.45, 2.75) is 35.5 Å². The van der Waals surface area contributed by atoms with Crippen molar-refractivity contribution < 1.29 is 9.50 Å². The Labute approximate surface area is 190 Å². The number of halogens is 2. The van der Waals surface area contributed by atoms with Gasteiger partial charge in [0.2, 0.25) is 0 Å². The Hall–Kier alpha value is -2.58. The van der Waals surface area contributed by atoms with Gasteiger partial charge >= 0.3 is 0 Å². The van der Waals surface area contributed by atoms with Crippen LogP contribution in [0.4, 0.5) is 4.39 Å². The molecule has 6 N–H and O–H groups in total. The SMILES string of the molecule is Cc1cc(SC2CC3CNC(N)=C(/C=C(\N)c4cccc(F)c4O)N3C2)ncc1CCl. The highest BCUT2D eigenvalue weighted by molar-refractivity contribution is 7.99. The smallest absolute Gasteiger partial charge is 0.165 e.